The summed E-state index contributed by atoms with van der Waals surface area (Å²) in [5.41, 5.74) is -0.0953. The van der Waals surface area contributed by atoms with E-state index in [-0.39, 0.29) is 5.54 Å². The molecule has 0 atom stereocenters. The van der Waals surface area contributed by atoms with Gasteiger partial charge in [0.05, 0.1) is 16.1 Å². The van der Waals surface area contributed by atoms with Gasteiger partial charge in [0.2, 0.25) is 0 Å². The molecule has 0 unspecified atom stereocenters. The maximum absolute atomic E-state index is 14.4. The third kappa shape index (κ3) is 3.73. The van der Waals surface area contributed by atoms with E-state index >= 15 is 0 Å². The van der Waals surface area contributed by atoms with Crippen molar-refractivity contribution >= 4 is 25.4 Å². The molecule has 0 bridgehead atoms. The number of rotatable bonds is 4. The van der Waals surface area contributed by atoms with Gasteiger partial charge in [-0.15, -0.1) is 0 Å². The first-order valence-electron chi connectivity index (χ1n) is 6.23. The van der Waals surface area contributed by atoms with E-state index in [0.29, 0.717) is 0 Å². The molecular formula is C11H30FN2Si3. The molecule has 0 aromatic carbocycles. The van der Waals surface area contributed by atoms with E-state index in [1.165, 1.54) is 0 Å². The first kappa shape index (κ1) is 17.5. The summed E-state index contributed by atoms with van der Waals surface area (Å²) < 4.78 is 14.0. The van der Waals surface area contributed by atoms with E-state index in [4.69, 9.17) is 5.40 Å². The monoisotopic (exact) mass is 293 g/mol. The summed E-state index contributed by atoms with van der Waals surface area (Å²) in [5, 5.41) is 9.51. The Balaban J connectivity index is 5.79. The molecule has 0 aromatic heterocycles. The van der Waals surface area contributed by atoms with Crippen molar-refractivity contribution in [2.75, 3.05) is 0 Å². The van der Waals surface area contributed by atoms with Crippen molar-refractivity contribution in [3.8, 4) is 0 Å². The van der Waals surface area contributed by atoms with Crippen LogP contribution in [0.3, 0.4) is 0 Å². The van der Waals surface area contributed by atoms with Crippen LogP contribution in [0.5, 0.6) is 0 Å². The van der Waals surface area contributed by atoms with Crippen LogP contribution in [0.15, 0.2) is 0 Å². The average molecular weight is 294 g/mol. The van der Waals surface area contributed by atoms with Crippen molar-refractivity contribution < 1.29 is 4.11 Å². The summed E-state index contributed by atoms with van der Waals surface area (Å²) in [6, 6.07) is 0. The molecule has 2 nitrogen and oxygen atoms in total. The van der Waals surface area contributed by atoms with Crippen molar-refractivity contribution in [2.24, 2.45) is 5.40 Å². The zero-order valence-electron chi connectivity index (χ0n) is 13.0. The fourth-order valence-corrected chi connectivity index (χ4v) is 19.6. The van der Waals surface area contributed by atoms with Crippen LogP contribution in [0.4, 0.5) is 4.11 Å². The highest BCUT2D eigenvalue weighted by Gasteiger charge is 2.60. The Kier molecular flexibility index (Phi) is 5.02. The lowest BCUT2D eigenvalue weighted by Crippen LogP contribution is -2.84. The molecule has 0 fully saturated rings. The topological polar surface area (TPSA) is 38.0 Å². The molecule has 0 amide bonds. The van der Waals surface area contributed by atoms with Gasteiger partial charge in [0.25, 0.3) is 0 Å². The van der Waals surface area contributed by atoms with E-state index in [0.717, 1.165) is 0 Å². The minimum absolute atomic E-state index is 0.0953. The molecule has 0 aromatic rings. The fraction of sp³-hybridized carbons (Fsp3) is 1.00. The first-order chi connectivity index (χ1) is 7.15. The molecule has 0 heterocycles. The number of nitrogens with two attached hydrogens (primary N) is 1. The maximum Gasteiger partial charge on any atom is 0.369 e. The van der Waals surface area contributed by atoms with E-state index in [1.54, 1.807) is 0 Å². The molecule has 0 saturated carbocycles. The fourth-order valence-electron chi connectivity index (χ4n) is 2.84. The SMILES string of the molecule is CC(C)(C)NC([Si](N)F)([Si](C)(C)C)[Si](C)(C)C. The van der Waals surface area contributed by atoms with Gasteiger partial charge in [-0.1, -0.05) is 39.3 Å². The quantitative estimate of drug-likeness (QED) is 0.618. The summed E-state index contributed by atoms with van der Waals surface area (Å²) in [4.78, 5) is 0. The Hall–Kier alpha value is 0.501. The summed E-state index contributed by atoms with van der Waals surface area (Å²) in [6.45, 7) is 19.7. The molecule has 0 rings (SSSR count). The molecule has 0 aliphatic rings. The highest BCUT2D eigenvalue weighted by molar-refractivity contribution is 7.09. The summed E-state index contributed by atoms with van der Waals surface area (Å²) in [5.74, 6) is 0. The predicted molar refractivity (Wildman–Crippen MR) is 83.4 cm³/mol. The second-order valence-corrected chi connectivity index (χ2v) is 21.4. The van der Waals surface area contributed by atoms with E-state index in [1.807, 2.05) is 0 Å². The van der Waals surface area contributed by atoms with Crippen molar-refractivity contribution in [2.45, 2.75) is 70.0 Å². The standard InChI is InChI=1S/C11H30FN2Si3/c1-10(2,3)14-11(15(12)13,16(4,5)6)17(7,8)9/h14H,13H2,1-9H3. The van der Waals surface area contributed by atoms with Gasteiger partial charge < -0.3 is 10.7 Å². The number of hydrogen-bond acceptors (Lipinski definition) is 2. The molecular weight excluding hydrogens is 263 g/mol. The van der Waals surface area contributed by atoms with Crippen LogP contribution in [0.25, 0.3) is 0 Å². The lowest BCUT2D eigenvalue weighted by Gasteiger charge is -2.55. The number of hydrogen-bond donors (Lipinski definition) is 2. The first-order valence-corrected chi connectivity index (χ1v) is 14.7. The zero-order chi connectivity index (χ0) is 14.3. The van der Waals surface area contributed by atoms with Crippen molar-refractivity contribution in [3.63, 3.8) is 0 Å². The van der Waals surface area contributed by atoms with Gasteiger partial charge in [-0.25, -0.2) is 0 Å². The molecule has 3 N–H and O–H groups in total. The van der Waals surface area contributed by atoms with Crippen LogP contribution >= 0.6 is 0 Å². The lowest BCUT2D eigenvalue weighted by molar-refractivity contribution is 0.406. The molecule has 17 heavy (non-hydrogen) atoms. The third-order valence-corrected chi connectivity index (χ3v) is 19.2. The van der Waals surface area contributed by atoms with Gasteiger partial charge in [0.1, 0.15) is 0 Å². The largest absolute Gasteiger partial charge is 0.369 e. The Morgan fingerprint density at radius 3 is 1.29 bits per heavy atom. The van der Waals surface area contributed by atoms with Gasteiger partial charge >= 0.3 is 9.29 Å². The Bertz CT molecular complexity index is 247. The Morgan fingerprint density at radius 1 is 0.941 bits per heavy atom. The molecule has 0 spiro atoms. The van der Waals surface area contributed by atoms with Crippen molar-refractivity contribution in [1.29, 1.82) is 0 Å². The van der Waals surface area contributed by atoms with Gasteiger partial charge in [0.15, 0.2) is 0 Å². The van der Waals surface area contributed by atoms with E-state index in [9.17, 15) is 4.11 Å². The molecule has 6 heteroatoms. The van der Waals surface area contributed by atoms with Crippen LogP contribution in [0, 0.1) is 0 Å². The molecule has 0 saturated heterocycles. The second kappa shape index (κ2) is 4.88. The summed E-state index contributed by atoms with van der Waals surface area (Å²) in [6.07, 6.45) is 0. The minimum atomic E-state index is -2.37. The van der Waals surface area contributed by atoms with E-state index < -0.39 is 29.8 Å². The van der Waals surface area contributed by atoms with Crippen LogP contribution in [0.2, 0.25) is 39.3 Å². The molecule has 1 radical (unpaired) electrons. The molecule has 0 aliphatic carbocycles. The molecule has 0 aliphatic heterocycles. The summed E-state index contributed by atoms with van der Waals surface area (Å²) in [7, 11) is -5.87. The minimum Gasteiger partial charge on any atom is -0.324 e. The van der Waals surface area contributed by atoms with Crippen molar-refractivity contribution in [3.05, 3.63) is 0 Å². The van der Waals surface area contributed by atoms with Crippen LogP contribution in [-0.4, -0.2) is 35.4 Å². The molecule has 103 valence electrons. The van der Waals surface area contributed by atoms with Crippen LogP contribution in [0.1, 0.15) is 20.8 Å². The maximum atomic E-state index is 14.4. The summed E-state index contributed by atoms with van der Waals surface area (Å²) >= 11 is 0. The van der Waals surface area contributed by atoms with Gasteiger partial charge in [-0.05, 0) is 20.8 Å². The Labute approximate surface area is 110 Å². The van der Waals surface area contributed by atoms with Gasteiger partial charge in [0, 0.05) is 9.95 Å². The lowest BCUT2D eigenvalue weighted by atomic mass is 10.1. The van der Waals surface area contributed by atoms with Gasteiger partial charge in [-0.3, -0.25) is 4.11 Å². The number of halogens is 1. The Morgan fingerprint density at radius 2 is 1.24 bits per heavy atom. The van der Waals surface area contributed by atoms with Crippen LogP contribution in [-0.2, 0) is 0 Å². The highest BCUT2D eigenvalue weighted by atomic mass is 28.5. The highest BCUT2D eigenvalue weighted by Crippen LogP contribution is 2.34. The smallest absolute Gasteiger partial charge is 0.324 e. The predicted octanol–water partition coefficient (Wildman–Crippen LogP) is 2.82. The average Bonchev–Trinajstić information content (AvgIpc) is 1.92. The second-order valence-electron chi connectivity index (χ2n) is 7.97. The van der Waals surface area contributed by atoms with Crippen LogP contribution < -0.4 is 10.7 Å². The van der Waals surface area contributed by atoms with Crippen molar-refractivity contribution in [1.82, 2.24) is 5.32 Å². The zero-order valence-corrected chi connectivity index (χ0v) is 16.0. The normalized spacial score (nSPS) is 15.5. The van der Waals surface area contributed by atoms with Gasteiger partial charge in [-0.2, -0.15) is 0 Å². The third-order valence-electron chi connectivity index (χ3n) is 3.17. The van der Waals surface area contributed by atoms with E-state index in [2.05, 4.69) is 65.4 Å². The number of nitrogens with one attached hydrogen (secondary N) is 1.